The summed E-state index contributed by atoms with van der Waals surface area (Å²) in [5, 5.41) is 7.67. The molecule has 0 saturated heterocycles. The maximum atomic E-state index is 12.8. The van der Waals surface area contributed by atoms with Gasteiger partial charge in [0.2, 0.25) is 5.13 Å². The Bertz CT molecular complexity index is 1510. The molecule has 4 aromatic rings. The SMILES string of the molecule is COC(=O)c1c(Cc2ccccc2S(C)(=O)=O)c(C)nn1-c1nc(-c2ccc(Cl)c(Cl)c2)cs1. The fourth-order valence-electron chi connectivity index (χ4n) is 3.57. The molecule has 0 aliphatic heterocycles. The van der Waals surface area contributed by atoms with Crippen LogP contribution in [0.3, 0.4) is 0 Å². The number of carbonyl (C=O) groups is 1. The van der Waals surface area contributed by atoms with Gasteiger partial charge in [-0.05, 0) is 30.7 Å². The molecule has 0 bridgehead atoms. The summed E-state index contributed by atoms with van der Waals surface area (Å²) in [5.41, 5.74) is 3.30. The van der Waals surface area contributed by atoms with Crippen molar-refractivity contribution in [3.05, 3.63) is 80.4 Å². The molecule has 34 heavy (non-hydrogen) atoms. The molecule has 0 atom stereocenters. The number of ether oxygens (including phenoxy) is 1. The highest BCUT2D eigenvalue weighted by molar-refractivity contribution is 7.90. The number of sulfone groups is 1. The summed E-state index contributed by atoms with van der Waals surface area (Å²) in [5.74, 6) is -0.598. The third-order valence-corrected chi connectivity index (χ3v) is 7.94. The van der Waals surface area contributed by atoms with E-state index >= 15 is 0 Å². The van der Waals surface area contributed by atoms with E-state index in [4.69, 9.17) is 27.9 Å². The van der Waals surface area contributed by atoms with Crippen LogP contribution in [0.25, 0.3) is 16.4 Å². The predicted octanol–water partition coefficient (Wildman–Crippen LogP) is 5.39. The van der Waals surface area contributed by atoms with Gasteiger partial charge in [-0.15, -0.1) is 11.3 Å². The molecule has 0 amide bonds. The first-order valence-electron chi connectivity index (χ1n) is 9.96. The smallest absolute Gasteiger partial charge is 0.357 e. The van der Waals surface area contributed by atoms with E-state index < -0.39 is 15.8 Å². The zero-order valence-electron chi connectivity index (χ0n) is 18.4. The Kier molecular flexibility index (Phi) is 6.82. The van der Waals surface area contributed by atoms with Crippen LogP contribution in [0.4, 0.5) is 0 Å². The van der Waals surface area contributed by atoms with E-state index in [1.54, 1.807) is 49.4 Å². The van der Waals surface area contributed by atoms with Gasteiger partial charge in [0.1, 0.15) is 0 Å². The lowest BCUT2D eigenvalue weighted by molar-refractivity contribution is 0.0589. The van der Waals surface area contributed by atoms with Crippen LogP contribution >= 0.6 is 34.5 Å². The lowest BCUT2D eigenvalue weighted by Crippen LogP contribution is -2.13. The summed E-state index contributed by atoms with van der Waals surface area (Å²) >= 11 is 13.4. The average Bonchev–Trinajstić information content (AvgIpc) is 3.40. The quantitative estimate of drug-likeness (QED) is 0.307. The maximum absolute atomic E-state index is 12.8. The second-order valence-electron chi connectivity index (χ2n) is 7.52. The first-order valence-corrected chi connectivity index (χ1v) is 13.5. The second-order valence-corrected chi connectivity index (χ2v) is 11.2. The molecule has 0 aliphatic carbocycles. The molecule has 0 spiro atoms. The number of carbonyl (C=O) groups excluding carboxylic acids is 1. The third-order valence-electron chi connectivity index (χ3n) is 5.19. The third kappa shape index (κ3) is 4.74. The van der Waals surface area contributed by atoms with Gasteiger partial charge in [0.15, 0.2) is 15.5 Å². The summed E-state index contributed by atoms with van der Waals surface area (Å²) in [6, 6.07) is 11.9. The predicted molar refractivity (Wildman–Crippen MR) is 133 cm³/mol. The van der Waals surface area contributed by atoms with Crippen molar-refractivity contribution in [2.45, 2.75) is 18.2 Å². The van der Waals surface area contributed by atoms with Crippen molar-refractivity contribution < 1.29 is 17.9 Å². The minimum absolute atomic E-state index is 0.185. The molecule has 176 valence electrons. The van der Waals surface area contributed by atoms with Crippen LogP contribution in [0.2, 0.25) is 10.0 Å². The van der Waals surface area contributed by atoms with E-state index in [1.165, 1.54) is 23.1 Å². The minimum atomic E-state index is -3.46. The van der Waals surface area contributed by atoms with E-state index in [-0.39, 0.29) is 17.0 Å². The molecule has 0 unspecified atom stereocenters. The van der Waals surface area contributed by atoms with E-state index in [0.717, 1.165) is 11.8 Å². The number of nitrogens with zero attached hydrogens (tertiary/aromatic N) is 3. The van der Waals surface area contributed by atoms with Crippen LogP contribution in [0.5, 0.6) is 0 Å². The normalized spacial score (nSPS) is 11.6. The lowest BCUT2D eigenvalue weighted by Gasteiger charge is -2.09. The summed E-state index contributed by atoms with van der Waals surface area (Å²) < 4.78 is 31.0. The summed E-state index contributed by atoms with van der Waals surface area (Å²) in [6.45, 7) is 1.76. The molecule has 0 N–H and O–H groups in total. The molecule has 0 aliphatic rings. The van der Waals surface area contributed by atoms with Crippen molar-refractivity contribution in [3.8, 4) is 16.4 Å². The van der Waals surface area contributed by atoms with Gasteiger partial charge in [-0.3, -0.25) is 0 Å². The molecular weight excluding hydrogens is 517 g/mol. The van der Waals surface area contributed by atoms with Crippen LogP contribution in [-0.4, -0.2) is 42.5 Å². The molecule has 4 rings (SSSR count). The van der Waals surface area contributed by atoms with Crippen LogP contribution in [0.15, 0.2) is 52.7 Å². The molecule has 11 heteroatoms. The largest absolute Gasteiger partial charge is 0.464 e. The number of halogens is 2. The number of methoxy groups -OCH3 is 1. The Balaban J connectivity index is 1.81. The molecule has 2 heterocycles. The lowest BCUT2D eigenvalue weighted by atomic mass is 10.0. The Morgan fingerprint density at radius 3 is 2.56 bits per heavy atom. The number of aryl methyl sites for hydroxylation is 1. The zero-order valence-corrected chi connectivity index (χ0v) is 21.5. The van der Waals surface area contributed by atoms with E-state index in [9.17, 15) is 13.2 Å². The molecule has 7 nitrogen and oxygen atoms in total. The molecular formula is C23H19Cl2N3O4S2. The molecule has 0 saturated carbocycles. The maximum Gasteiger partial charge on any atom is 0.357 e. The van der Waals surface area contributed by atoms with Crippen LogP contribution in [0.1, 0.15) is 27.3 Å². The number of benzene rings is 2. The van der Waals surface area contributed by atoms with Gasteiger partial charge in [-0.2, -0.15) is 9.78 Å². The van der Waals surface area contributed by atoms with Crippen LogP contribution in [-0.2, 0) is 21.0 Å². The fourth-order valence-corrected chi connectivity index (χ4v) is 5.60. The zero-order chi connectivity index (χ0) is 24.6. The first-order chi connectivity index (χ1) is 16.1. The van der Waals surface area contributed by atoms with Gasteiger partial charge >= 0.3 is 5.97 Å². The second kappa shape index (κ2) is 9.50. The van der Waals surface area contributed by atoms with Gasteiger partial charge in [0, 0.05) is 29.2 Å². The van der Waals surface area contributed by atoms with Crippen molar-refractivity contribution in [1.82, 2.24) is 14.8 Å². The highest BCUT2D eigenvalue weighted by Gasteiger charge is 2.26. The van der Waals surface area contributed by atoms with Crippen molar-refractivity contribution in [1.29, 1.82) is 0 Å². The number of esters is 1. The Labute approximate surface area is 210 Å². The van der Waals surface area contributed by atoms with Crippen molar-refractivity contribution >= 4 is 50.3 Å². The number of aromatic nitrogens is 3. The van der Waals surface area contributed by atoms with Gasteiger partial charge in [0.05, 0.1) is 33.4 Å². The summed E-state index contributed by atoms with van der Waals surface area (Å²) in [4.78, 5) is 17.6. The molecule has 0 fully saturated rings. The van der Waals surface area contributed by atoms with E-state index in [2.05, 4.69) is 10.1 Å². The van der Waals surface area contributed by atoms with Crippen LogP contribution < -0.4 is 0 Å². The number of rotatable bonds is 6. The van der Waals surface area contributed by atoms with E-state index in [0.29, 0.717) is 37.7 Å². The van der Waals surface area contributed by atoms with Gasteiger partial charge in [-0.1, -0.05) is 47.5 Å². The molecule has 0 radical (unpaired) electrons. The van der Waals surface area contributed by atoms with Gasteiger partial charge < -0.3 is 4.74 Å². The standard InChI is InChI=1S/C23H19Cl2N3O4S2/c1-13-16(10-15-6-4-5-7-20(15)34(3,30)31)21(22(29)32-2)28(27-13)23-26-19(12-33-23)14-8-9-17(24)18(25)11-14/h4-9,11-12H,10H2,1-3H3. The highest BCUT2D eigenvalue weighted by Crippen LogP contribution is 2.32. The van der Waals surface area contributed by atoms with Crippen molar-refractivity contribution in [2.75, 3.05) is 13.4 Å². The summed E-state index contributed by atoms with van der Waals surface area (Å²) in [7, 11) is -2.17. The van der Waals surface area contributed by atoms with Gasteiger partial charge in [-0.25, -0.2) is 18.2 Å². The topological polar surface area (TPSA) is 91.2 Å². The monoisotopic (exact) mass is 535 g/mol. The molecule has 2 aromatic carbocycles. The Morgan fingerprint density at radius 2 is 1.88 bits per heavy atom. The average molecular weight is 536 g/mol. The molecule has 2 aromatic heterocycles. The minimum Gasteiger partial charge on any atom is -0.464 e. The fraction of sp³-hybridized carbons (Fsp3) is 0.174. The van der Waals surface area contributed by atoms with Crippen molar-refractivity contribution in [2.24, 2.45) is 0 Å². The first kappa shape index (κ1) is 24.4. The van der Waals surface area contributed by atoms with E-state index in [1.807, 2.05) is 5.38 Å². The van der Waals surface area contributed by atoms with Gasteiger partial charge in [0.25, 0.3) is 0 Å². The Hall–Kier alpha value is -2.72. The van der Waals surface area contributed by atoms with Crippen molar-refractivity contribution in [3.63, 3.8) is 0 Å². The Morgan fingerprint density at radius 1 is 1.15 bits per heavy atom. The number of thiazole rings is 1. The summed E-state index contributed by atoms with van der Waals surface area (Å²) in [6.07, 6.45) is 1.34. The number of hydrogen-bond acceptors (Lipinski definition) is 7. The highest BCUT2D eigenvalue weighted by atomic mass is 35.5. The number of hydrogen-bond donors (Lipinski definition) is 0. The van der Waals surface area contributed by atoms with Crippen LogP contribution in [0, 0.1) is 6.92 Å².